The van der Waals surface area contributed by atoms with Crippen molar-refractivity contribution in [2.45, 2.75) is 64.4 Å². The highest BCUT2D eigenvalue weighted by Crippen LogP contribution is 2.15. The molecule has 0 aliphatic carbocycles. The number of rotatable bonds is 11. The molecule has 8 heteroatoms. The second-order valence-electron chi connectivity index (χ2n) is 8.89. The van der Waals surface area contributed by atoms with Gasteiger partial charge in [-0.3, -0.25) is 10.1 Å². The van der Waals surface area contributed by atoms with Crippen LogP contribution in [0.15, 0.2) is 54.6 Å². The Morgan fingerprint density at radius 2 is 1.65 bits per heavy atom. The molecule has 186 valence electrons. The van der Waals surface area contributed by atoms with Gasteiger partial charge >= 0.3 is 12.1 Å². The monoisotopic (exact) mass is 472 g/mol. The van der Waals surface area contributed by atoms with Crippen molar-refractivity contribution in [3.05, 3.63) is 65.7 Å². The number of hydrogen-bond donors (Lipinski definition) is 3. The first kappa shape index (κ1) is 27.1. The Hall–Kier alpha value is -3.10. The quantitative estimate of drug-likeness (QED) is 0.431. The van der Waals surface area contributed by atoms with Crippen molar-refractivity contribution in [2.24, 2.45) is 0 Å². The van der Waals surface area contributed by atoms with Crippen molar-refractivity contribution in [1.82, 2.24) is 10.6 Å². The summed E-state index contributed by atoms with van der Waals surface area (Å²) in [5.41, 5.74) is 1.07. The second kappa shape index (κ2) is 13.0. The molecule has 0 saturated carbocycles. The standard InChI is InChI=1S/C26H36N2O6/c1-6-33-24(30)22(27-17-19-12-14-20(32-5)15-13-19)23(29)21(16-18-10-8-7-9-11-18)28-25(31)34-26(2,3)4/h7-15,21-23,27,29H,6,16-17H2,1-5H3,(H,28,31)/t21-,22+,23-/m1/s1. The van der Waals surface area contributed by atoms with E-state index in [0.29, 0.717) is 13.0 Å². The summed E-state index contributed by atoms with van der Waals surface area (Å²) in [6.07, 6.45) is -1.67. The maximum Gasteiger partial charge on any atom is 0.407 e. The maximum atomic E-state index is 12.8. The Morgan fingerprint density at radius 3 is 2.21 bits per heavy atom. The van der Waals surface area contributed by atoms with Gasteiger partial charge in [0, 0.05) is 6.54 Å². The molecule has 0 aliphatic heterocycles. The van der Waals surface area contributed by atoms with Crippen LogP contribution >= 0.6 is 0 Å². The molecule has 0 saturated heterocycles. The Labute approximate surface area is 201 Å². The topological polar surface area (TPSA) is 106 Å². The molecule has 3 N–H and O–H groups in total. The molecule has 0 spiro atoms. The van der Waals surface area contributed by atoms with Crippen LogP contribution in [-0.2, 0) is 27.2 Å². The van der Waals surface area contributed by atoms with Crippen LogP contribution in [-0.4, -0.2) is 54.7 Å². The molecule has 8 nitrogen and oxygen atoms in total. The summed E-state index contributed by atoms with van der Waals surface area (Å²) in [4.78, 5) is 25.3. The number of carbonyl (C=O) groups excluding carboxylic acids is 2. The van der Waals surface area contributed by atoms with Gasteiger partial charge in [-0.2, -0.15) is 0 Å². The van der Waals surface area contributed by atoms with Crippen molar-refractivity contribution in [1.29, 1.82) is 0 Å². The molecule has 0 unspecified atom stereocenters. The van der Waals surface area contributed by atoms with Crippen molar-refractivity contribution in [3.63, 3.8) is 0 Å². The Balaban J connectivity index is 2.23. The highest BCUT2D eigenvalue weighted by atomic mass is 16.6. The molecule has 0 bridgehead atoms. The first-order chi connectivity index (χ1) is 16.1. The van der Waals surface area contributed by atoms with Crippen molar-refractivity contribution in [3.8, 4) is 5.75 Å². The zero-order valence-corrected chi connectivity index (χ0v) is 20.5. The molecule has 0 heterocycles. The van der Waals surface area contributed by atoms with E-state index < -0.39 is 35.9 Å². The van der Waals surface area contributed by atoms with Gasteiger partial charge in [0.1, 0.15) is 23.5 Å². The van der Waals surface area contributed by atoms with Crippen LogP contribution in [0.2, 0.25) is 0 Å². The number of aliphatic hydroxyl groups is 1. The van der Waals surface area contributed by atoms with Crippen LogP contribution in [0.1, 0.15) is 38.8 Å². The Kier molecular flexibility index (Phi) is 10.3. The maximum absolute atomic E-state index is 12.8. The van der Waals surface area contributed by atoms with Gasteiger partial charge in [0.05, 0.1) is 19.8 Å². The molecule has 0 radical (unpaired) electrons. The normalized spacial score (nSPS) is 13.9. The number of alkyl carbamates (subject to hydrolysis) is 1. The van der Waals surface area contributed by atoms with E-state index in [0.717, 1.165) is 16.9 Å². The summed E-state index contributed by atoms with van der Waals surface area (Å²) in [6.45, 7) is 7.43. The number of benzene rings is 2. The molecule has 0 aromatic heterocycles. The minimum atomic E-state index is -1.29. The molecule has 0 aliphatic rings. The smallest absolute Gasteiger partial charge is 0.407 e. The van der Waals surface area contributed by atoms with Crippen LogP contribution in [0, 0.1) is 0 Å². The lowest BCUT2D eigenvalue weighted by Gasteiger charge is -2.31. The number of amides is 1. The van der Waals surface area contributed by atoms with Crippen molar-refractivity contribution >= 4 is 12.1 Å². The third-order valence-electron chi connectivity index (χ3n) is 4.98. The minimum absolute atomic E-state index is 0.162. The summed E-state index contributed by atoms with van der Waals surface area (Å²) < 4.78 is 15.8. The van der Waals surface area contributed by atoms with Gasteiger partial charge in [0.15, 0.2) is 0 Å². The summed E-state index contributed by atoms with van der Waals surface area (Å²) in [5, 5.41) is 17.1. The number of hydrogen-bond acceptors (Lipinski definition) is 7. The number of nitrogens with one attached hydrogen (secondary N) is 2. The molecule has 2 rings (SSSR count). The largest absolute Gasteiger partial charge is 0.497 e. The summed E-state index contributed by atoms with van der Waals surface area (Å²) >= 11 is 0. The molecule has 34 heavy (non-hydrogen) atoms. The molecule has 2 aromatic carbocycles. The van der Waals surface area contributed by atoms with E-state index in [-0.39, 0.29) is 6.61 Å². The van der Waals surface area contributed by atoms with Crippen LogP contribution in [0.5, 0.6) is 5.75 Å². The first-order valence-corrected chi connectivity index (χ1v) is 11.4. The molecular formula is C26H36N2O6. The molecular weight excluding hydrogens is 436 g/mol. The van der Waals surface area contributed by atoms with Gasteiger partial charge < -0.3 is 24.6 Å². The van der Waals surface area contributed by atoms with Gasteiger partial charge in [-0.1, -0.05) is 42.5 Å². The predicted octanol–water partition coefficient (Wildman–Crippen LogP) is 3.21. The lowest BCUT2D eigenvalue weighted by atomic mass is 9.96. The SMILES string of the molecule is CCOC(=O)[C@@H](NCc1ccc(OC)cc1)[C@H](O)[C@@H](Cc1ccccc1)NC(=O)OC(C)(C)C. The number of carbonyl (C=O) groups is 2. The van der Waals surface area contributed by atoms with Crippen LogP contribution in [0.25, 0.3) is 0 Å². The summed E-state index contributed by atoms with van der Waals surface area (Å²) in [6, 6.07) is 14.9. The molecule has 2 aromatic rings. The van der Waals surface area contributed by atoms with Gasteiger partial charge in [0.25, 0.3) is 0 Å². The summed E-state index contributed by atoms with van der Waals surface area (Å²) in [5.74, 6) is 0.114. The highest BCUT2D eigenvalue weighted by molar-refractivity contribution is 5.77. The van der Waals surface area contributed by atoms with E-state index in [9.17, 15) is 14.7 Å². The molecule has 0 fully saturated rings. The third kappa shape index (κ3) is 9.03. The van der Waals surface area contributed by atoms with Crippen molar-refractivity contribution in [2.75, 3.05) is 13.7 Å². The molecule has 3 atom stereocenters. The van der Waals surface area contributed by atoms with E-state index in [1.807, 2.05) is 54.6 Å². The third-order valence-corrected chi connectivity index (χ3v) is 4.98. The van der Waals surface area contributed by atoms with Crippen LogP contribution in [0.4, 0.5) is 4.79 Å². The highest BCUT2D eigenvalue weighted by Gasteiger charge is 2.35. The van der Waals surface area contributed by atoms with E-state index in [2.05, 4.69) is 10.6 Å². The Morgan fingerprint density at radius 1 is 1.00 bits per heavy atom. The lowest BCUT2D eigenvalue weighted by Crippen LogP contribution is -2.57. The van der Waals surface area contributed by atoms with Gasteiger partial charge in [-0.15, -0.1) is 0 Å². The van der Waals surface area contributed by atoms with Crippen LogP contribution in [0.3, 0.4) is 0 Å². The Bertz CT molecular complexity index is 896. The van der Waals surface area contributed by atoms with E-state index in [1.165, 1.54) is 0 Å². The zero-order chi connectivity index (χ0) is 25.1. The fourth-order valence-corrected chi connectivity index (χ4v) is 3.36. The van der Waals surface area contributed by atoms with Gasteiger partial charge in [-0.25, -0.2) is 4.79 Å². The van der Waals surface area contributed by atoms with E-state index >= 15 is 0 Å². The fraction of sp³-hybridized carbons (Fsp3) is 0.462. The lowest BCUT2D eigenvalue weighted by molar-refractivity contribution is -0.149. The van der Waals surface area contributed by atoms with Gasteiger partial charge in [0.2, 0.25) is 0 Å². The van der Waals surface area contributed by atoms with Crippen LogP contribution < -0.4 is 15.4 Å². The number of ether oxygens (including phenoxy) is 3. The average molecular weight is 473 g/mol. The first-order valence-electron chi connectivity index (χ1n) is 11.4. The zero-order valence-electron chi connectivity index (χ0n) is 20.5. The van der Waals surface area contributed by atoms with Gasteiger partial charge in [-0.05, 0) is 57.4 Å². The van der Waals surface area contributed by atoms with E-state index in [4.69, 9.17) is 14.2 Å². The number of aliphatic hydroxyl groups excluding tert-OH is 1. The fourth-order valence-electron chi connectivity index (χ4n) is 3.36. The number of methoxy groups -OCH3 is 1. The summed E-state index contributed by atoms with van der Waals surface area (Å²) in [7, 11) is 1.59. The van der Waals surface area contributed by atoms with Crippen molar-refractivity contribution < 1.29 is 28.9 Å². The second-order valence-corrected chi connectivity index (χ2v) is 8.89. The predicted molar refractivity (Wildman–Crippen MR) is 130 cm³/mol. The van der Waals surface area contributed by atoms with E-state index in [1.54, 1.807) is 34.8 Å². The molecule has 1 amide bonds. The number of esters is 1. The minimum Gasteiger partial charge on any atom is -0.497 e. The average Bonchev–Trinajstić information content (AvgIpc) is 2.78.